The van der Waals surface area contributed by atoms with Crippen molar-refractivity contribution in [1.82, 2.24) is 4.98 Å². The van der Waals surface area contributed by atoms with Crippen LogP contribution in [-0.4, -0.2) is 4.98 Å². The van der Waals surface area contributed by atoms with Gasteiger partial charge in [0.15, 0.2) is 0 Å². The van der Waals surface area contributed by atoms with Crippen LogP contribution in [0.1, 0.15) is 12.5 Å². The van der Waals surface area contributed by atoms with E-state index in [-0.39, 0.29) is 12.4 Å². The molecular weight excluding hydrogens is 204 g/mol. The van der Waals surface area contributed by atoms with Crippen molar-refractivity contribution in [1.29, 1.82) is 0 Å². The van der Waals surface area contributed by atoms with Gasteiger partial charge < -0.3 is 0 Å². The lowest BCUT2D eigenvalue weighted by molar-refractivity contribution is 1.12. The first-order chi connectivity index (χ1) is 4.72. The topological polar surface area (TPSA) is 12.9 Å². The number of nitrogens with zero attached hydrogens (tertiary/aromatic N) is 1. The Labute approximate surface area is 82.1 Å². The van der Waals surface area contributed by atoms with Crippen LogP contribution in [0, 0.1) is 0 Å². The quantitative estimate of drug-likeness (QED) is 0.651. The number of halogens is 3. The zero-order chi connectivity index (χ0) is 7.56. The minimum atomic E-state index is 0. The fourth-order valence-electron chi connectivity index (χ4n) is 0.718. The number of rotatable bonds is 1. The Balaban J connectivity index is 0.000001000. The zero-order valence-corrected chi connectivity index (χ0v) is 8.30. The van der Waals surface area contributed by atoms with Crippen LogP contribution >= 0.6 is 35.6 Å². The highest BCUT2D eigenvalue weighted by Gasteiger charge is 1.95. The molecule has 1 aromatic rings. The Bertz CT molecular complexity index is 217. The summed E-state index contributed by atoms with van der Waals surface area (Å²) in [6.07, 6.45) is 0.932. The molecule has 0 aromatic carbocycles. The van der Waals surface area contributed by atoms with Crippen LogP contribution in [0.25, 0.3) is 0 Å². The van der Waals surface area contributed by atoms with E-state index < -0.39 is 0 Å². The average Bonchev–Trinajstić information content (AvgIpc) is 1.85. The van der Waals surface area contributed by atoms with Crippen molar-refractivity contribution in [2.75, 3.05) is 0 Å². The number of hydrogen-bond donors (Lipinski definition) is 0. The Morgan fingerprint density at radius 2 is 1.73 bits per heavy atom. The van der Waals surface area contributed by atoms with E-state index in [4.69, 9.17) is 23.2 Å². The van der Waals surface area contributed by atoms with Crippen LogP contribution in [0.15, 0.2) is 12.1 Å². The second kappa shape index (κ2) is 4.81. The van der Waals surface area contributed by atoms with Gasteiger partial charge in [0.2, 0.25) is 0 Å². The van der Waals surface area contributed by atoms with Gasteiger partial charge in [0.05, 0.1) is 0 Å². The SMILES string of the molecule is CCc1cc(Cl)nc(Cl)c1.Cl. The normalized spacial score (nSPS) is 9.00. The van der Waals surface area contributed by atoms with Crippen molar-refractivity contribution in [3.05, 3.63) is 28.0 Å². The smallest absolute Gasteiger partial charge is 0.131 e. The van der Waals surface area contributed by atoms with E-state index in [0.717, 1.165) is 12.0 Å². The first kappa shape index (κ1) is 11.0. The minimum Gasteiger partial charge on any atom is -0.224 e. The summed E-state index contributed by atoms with van der Waals surface area (Å²) in [6, 6.07) is 3.63. The second-order valence-electron chi connectivity index (χ2n) is 1.97. The summed E-state index contributed by atoms with van der Waals surface area (Å²) in [4.78, 5) is 3.81. The van der Waals surface area contributed by atoms with Gasteiger partial charge >= 0.3 is 0 Å². The first-order valence-electron chi connectivity index (χ1n) is 3.04. The summed E-state index contributed by atoms with van der Waals surface area (Å²) in [7, 11) is 0. The van der Waals surface area contributed by atoms with E-state index >= 15 is 0 Å². The fourth-order valence-corrected chi connectivity index (χ4v) is 1.22. The van der Waals surface area contributed by atoms with E-state index in [1.165, 1.54) is 0 Å². The molecule has 1 aromatic heterocycles. The molecule has 0 bridgehead atoms. The summed E-state index contributed by atoms with van der Waals surface area (Å²) >= 11 is 11.3. The molecule has 0 saturated carbocycles. The molecule has 0 aliphatic rings. The van der Waals surface area contributed by atoms with Gasteiger partial charge in [0, 0.05) is 0 Å². The molecule has 0 fully saturated rings. The van der Waals surface area contributed by atoms with Crippen LogP contribution < -0.4 is 0 Å². The van der Waals surface area contributed by atoms with Gasteiger partial charge in [-0.05, 0) is 24.1 Å². The highest BCUT2D eigenvalue weighted by atomic mass is 35.5. The minimum absolute atomic E-state index is 0. The van der Waals surface area contributed by atoms with Gasteiger partial charge in [-0.25, -0.2) is 4.98 Å². The van der Waals surface area contributed by atoms with Crippen molar-refractivity contribution in [3.8, 4) is 0 Å². The van der Waals surface area contributed by atoms with E-state index in [2.05, 4.69) is 4.98 Å². The molecule has 0 spiro atoms. The van der Waals surface area contributed by atoms with Crippen LogP contribution in [0.5, 0.6) is 0 Å². The van der Waals surface area contributed by atoms with E-state index in [0.29, 0.717) is 10.3 Å². The van der Waals surface area contributed by atoms with Gasteiger partial charge in [-0.2, -0.15) is 0 Å². The highest BCUT2D eigenvalue weighted by Crippen LogP contribution is 2.14. The van der Waals surface area contributed by atoms with Crippen LogP contribution in [-0.2, 0) is 6.42 Å². The Hall–Kier alpha value is 0.0200. The summed E-state index contributed by atoms with van der Waals surface area (Å²) in [5.41, 5.74) is 1.12. The monoisotopic (exact) mass is 211 g/mol. The maximum absolute atomic E-state index is 5.63. The first-order valence-corrected chi connectivity index (χ1v) is 3.80. The molecule has 0 aliphatic heterocycles. The average molecular weight is 213 g/mol. The molecule has 0 amide bonds. The summed E-state index contributed by atoms with van der Waals surface area (Å²) in [5, 5.41) is 0.925. The summed E-state index contributed by atoms with van der Waals surface area (Å²) in [5.74, 6) is 0. The van der Waals surface area contributed by atoms with Gasteiger partial charge in [0.1, 0.15) is 10.3 Å². The molecule has 62 valence electrons. The van der Waals surface area contributed by atoms with Crippen molar-refractivity contribution < 1.29 is 0 Å². The standard InChI is InChI=1S/C7H7Cl2N.ClH/c1-2-5-3-6(8)10-7(9)4-5;/h3-4H,2H2,1H3;1H. The van der Waals surface area contributed by atoms with Crippen molar-refractivity contribution in [3.63, 3.8) is 0 Å². The lowest BCUT2D eigenvalue weighted by Gasteiger charge is -1.96. The maximum Gasteiger partial charge on any atom is 0.131 e. The number of pyridine rings is 1. The molecule has 1 heterocycles. The molecular formula is C7H8Cl3N. The lowest BCUT2D eigenvalue weighted by atomic mass is 10.2. The predicted molar refractivity (Wildman–Crippen MR) is 50.9 cm³/mol. The third kappa shape index (κ3) is 3.28. The van der Waals surface area contributed by atoms with Crippen LogP contribution in [0.3, 0.4) is 0 Å². The Morgan fingerprint density at radius 1 is 1.27 bits per heavy atom. The largest absolute Gasteiger partial charge is 0.224 e. The van der Waals surface area contributed by atoms with E-state index in [1.807, 2.05) is 19.1 Å². The van der Waals surface area contributed by atoms with Crippen molar-refractivity contribution in [2.45, 2.75) is 13.3 Å². The third-order valence-electron chi connectivity index (χ3n) is 1.23. The van der Waals surface area contributed by atoms with Crippen molar-refractivity contribution >= 4 is 35.6 Å². The predicted octanol–water partition coefficient (Wildman–Crippen LogP) is 3.37. The van der Waals surface area contributed by atoms with Gasteiger partial charge in [-0.15, -0.1) is 12.4 Å². The molecule has 0 atom stereocenters. The molecule has 0 saturated heterocycles. The second-order valence-corrected chi connectivity index (χ2v) is 2.75. The van der Waals surface area contributed by atoms with Gasteiger partial charge in [-0.3, -0.25) is 0 Å². The Kier molecular flexibility index (Phi) is 4.82. The van der Waals surface area contributed by atoms with Gasteiger partial charge in [0.25, 0.3) is 0 Å². The fraction of sp³-hybridized carbons (Fsp3) is 0.286. The number of hydrogen-bond acceptors (Lipinski definition) is 1. The van der Waals surface area contributed by atoms with Gasteiger partial charge in [-0.1, -0.05) is 30.1 Å². The number of aryl methyl sites for hydroxylation is 1. The molecule has 0 unspecified atom stereocenters. The van der Waals surface area contributed by atoms with Crippen LogP contribution in [0.2, 0.25) is 10.3 Å². The third-order valence-corrected chi connectivity index (χ3v) is 1.62. The van der Waals surface area contributed by atoms with E-state index in [9.17, 15) is 0 Å². The molecule has 0 aliphatic carbocycles. The molecule has 0 N–H and O–H groups in total. The van der Waals surface area contributed by atoms with Crippen LogP contribution in [0.4, 0.5) is 0 Å². The zero-order valence-electron chi connectivity index (χ0n) is 5.97. The molecule has 11 heavy (non-hydrogen) atoms. The van der Waals surface area contributed by atoms with E-state index in [1.54, 1.807) is 0 Å². The molecule has 0 radical (unpaired) electrons. The maximum atomic E-state index is 5.63. The molecule has 1 nitrogen and oxygen atoms in total. The summed E-state index contributed by atoms with van der Waals surface area (Å²) < 4.78 is 0. The van der Waals surface area contributed by atoms with Crippen molar-refractivity contribution in [2.24, 2.45) is 0 Å². The number of aromatic nitrogens is 1. The molecule has 1 rings (SSSR count). The highest BCUT2D eigenvalue weighted by molar-refractivity contribution is 6.32. The summed E-state index contributed by atoms with van der Waals surface area (Å²) in [6.45, 7) is 2.04. The Morgan fingerprint density at radius 3 is 2.09 bits per heavy atom. The lowest BCUT2D eigenvalue weighted by Crippen LogP contribution is -1.82. The molecule has 4 heteroatoms.